The van der Waals surface area contributed by atoms with Crippen molar-refractivity contribution >= 4 is 29.0 Å². The van der Waals surface area contributed by atoms with Crippen LogP contribution in [0.4, 0.5) is 5.95 Å². The zero-order valence-electron chi connectivity index (χ0n) is 13.2. The summed E-state index contributed by atoms with van der Waals surface area (Å²) in [6, 6.07) is 3.90. The maximum atomic E-state index is 12.3. The minimum absolute atomic E-state index is 0.0704. The summed E-state index contributed by atoms with van der Waals surface area (Å²) in [7, 11) is 0. The molecule has 1 amide bonds. The highest BCUT2D eigenvalue weighted by molar-refractivity contribution is 7.09. The molecule has 0 atom stereocenters. The number of carbonyl (C=O) groups is 1. The molecule has 0 saturated carbocycles. The summed E-state index contributed by atoms with van der Waals surface area (Å²) in [5.74, 6) is 0.534. The molecule has 3 heterocycles. The third-order valence-corrected chi connectivity index (χ3v) is 4.57. The first-order chi connectivity index (χ1) is 11.0. The maximum absolute atomic E-state index is 12.3. The van der Waals surface area contributed by atoms with Crippen molar-refractivity contribution in [3.63, 3.8) is 0 Å². The van der Waals surface area contributed by atoms with Crippen molar-refractivity contribution in [3.05, 3.63) is 44.0 Å². The summed E-state index contributed by atoms with van der Waals surface area (Å²) in [5, 5.41) is 4.86. The molecule has 0 aliphatic rings. The lowest BCUT2D eigenvalue weighted by Crippen LogP contribution is -2.30. The molecular formula is C15H17N5O2S. The van der Waals surface area contributed by atoms with E-state index in [9.17, 15) is 9.59 Å². The second kappa shape index (κ2) is 5.96. The molecule has 0 radical (unpaired) electrons. The predicted molar refractivity (Wildman–Crippen MR) is 88.9 cm³/mol. The number of carbonyl (C=O) groups excluding carboxylic acids is 1. The second-order valence-electron chi connectivity index (χ2n) is 5.22. The molecule has 0 saturated heterocycles. The first-order valence-electron chi connectivity index (χ1n) is 7.30. The molecule has 3 rings (SSSR count). The fourth-order valence-corrected chi connectivity index (χ4v) is 2.94. The van der Waals surface area contributed by atoms with E-state index in [0.717, 1.165) is 4.88 Å². The van der Waals surface area contributed by atoms with E-state index in [1.807, 2.05) is 17.5 Å². The van der Waals surface area contributed by atoms with E-state index < -0.39 is 0 Å². The van der Waals surface area contributed by atoms with Crippen LogP contribution < -0.4 is 10.5 Å². The number of aromatic nitrogens is 4. The highest BCUT2D eigenvalue weighted by atomic mass is 32.1. The number of anilines is 1. The topological polar surface area (TPSA) is 83.4 Å². The molecule has 0 aromatic carbocycles. The van der Waals surface area contributed by atoms with Crippen LogP contribution in [0.2, 0.25) is 0 Å². The van der Waals surface area contributed by atoms with Crippen molar-refractivity contribution in [2.45, 2.75) is 33.7 Å². The summed E-state index contributed by atoms with van der Waals surface area (Å²) in [6.07, 6.45) is 0.350. The number of thiophene rings is 1. The van der Waals surface area contributed by atoms with Crippen LogP contribution in [0.15, 0.2) is 22.3 Å². The number of fused-ring (bicyclic) bond motifs is 1. The van der Waals surface area contributed by atoms with Crippen LogP contribution in [0.25, 0.3) is 5.78 Å². The van der Waals surface area contributed by atoms with Gasteiger partial charge in [-0.2, -0.15) is 9.50 Å². The van der Waals surface area contributed by atoms with Crippen LogP contribution in [0.1, 0.15) is 29.5 Å². The predicted octanol–water partition coefficient (Wildman–Crippen LogP) is 2.04. The van der Waals surface area contributed by atoms with Crippen LogP contribution >= 0.6 is 11.3 Å². The lowest BCUT2D eigenvalue weighted by atomic mass is 10.3. The minimum atomic E-state index is -0.203. The van der Waals surface area contributed by atoms with Gasteiger partial charge in [-0.1, -0.05) is 13.0 Å². The summed E-state index contributed by atoms with van der Waals surface area (Å²) in [6.45, 7) is 5.70. The third-order valence-electron chi connectivity index (χ3n) is 3.71. The molecule has 0 bridgehead atoms. The Bertz CT molecular complexity index is 910. The molecule has 120 valence electrons. The van der Waals surface area contributed by atoms with E-state index >= 15 is 0 Å². The Labute approximate surface area is 136 Å². The Hall–Kier alpha value is -2.48. The number of hydrogen-bond donors (Lipinski definition) is 1. The average Bonchev–Trinajstić information content (AvgIpc) is 3.19. The molecule has 0 aliphatic carbocycles. The maximum Gasteiger partial charge on any atom is 0.277 e. The molecule has 0 fully saturated rings. The van der Waals surface area contributed by atoms with Gasteiger partial charge in [0.05, 0.1) is 6.54 Å². The fourth-order valence-electron chi connectivity index (χ4n) is 2.24. The summed E-state index contributed by atoms with van der Waals surface area (Å²) < 4.78 is 1.28. The molecule has 0 aliphatic heterocycles. The molecule has 0 spiro atoms. The van der Waals surface area contributed by atoms with Crippen molar-refractivity contribution in [1.29, 1.82) is 0 Å². The van der Waals surface area contributed by atoms with Gasteiger partial charge < -0.3 is 0 Å². The molecule has 3 aromatic heterocycles. The number of hydrogen-bond acceptors (Lipinski definition) is 5. The van der Waals surface area contributed by atoms with Crippen molar-refractivity contribution in [3.8, 4) is 0 Å². The quantitative estimate of drug-likeness (QED) is 0.793. The molecule has 8 heteroatoms. The van der Waals surface area contributed by atoms with Gasteiger partial charge in [-0.05, 0) is 25.3 Å². The normalized spacial score (nSPS) is 11.1. The molecule has 7 nitrogen and oxygen atoms in total. The smallest absolute Gasteiger partial charge is 0.276 e. The first-order valence-corrected chi connectivity index (χ1v) is 8.18. The minimum Gasteiger partial charge on any atom is -0.276 e. The Morgan fingerprint density at radius 1 is 1.39 bits per heavy atom. The molecule has 0 unspecified atom stereocenters. The number of aromatic amines is 1. The number of rotatable bonds is 4. The van der Waals surface area contributed by atoms with Crippen LogP contribution in [-0.4, -0.2) is 25.5 Å². The summed E-state index contributed by atoms with van der Waals surface area (Å²) in [5.41, 5.74) is 0.996. The number of nitrogens with zero attached hydrogens (tertiary/aromatic N) is 4. The lowest BCUT2D eigenvalue weighted by molar-refractivity contribution is -0.118. The van der Waals surface area contributed by atoms with Crippen LogP contribution in [0.5, 0.6) is 0 Å². The monoisotopic (exact) mass is 331 g/mol. The average molecular weight is 331 g/mol. The van der Waals surface area contributed by atoms with Crippen LogP contribution in [0.3, 0.4) is 0 Å². The number of H-pyrrole nitrogens is 1. The van der Waals surface area contributed by atoms with E-state index in [2.05, 4.69) is 15.1 Å². The first kappa shape index (κ1) is 15.4. The van der Waals surface area contributed by atoms with E-state index in [4.69, 9.17) is 0 Å². The van der Waals surface area contributed by atoms with E-state index in [1.54, 1.807) is 37.0 Å². The van der Waals surface area contributed by atoms with Crippen molar-refractivity contribution < 1.29 is 4.79 Å². The molecule has 1 N–H and O–H groups in total. The standard InChI is InChI=1S/C15H17N5O2S/c1-4-12(21)19(8-11-6-5-7-23-11)15-17-14-16-10(3)9(2)13(22)20(14)18-15/h5-7H,4,8H2,1-3H3,(H,16,17,18). The van der Waals surface area contributed by atoms with E-state index in [1.165, 1.54) is 4.52 Å². The Balaban J connectivity index is 2.09. The number of nitrogens with one attached hydrogen (secondary N) is 1. The molecule has 3 aromatic rings. The Morgan fingerprint density at radius 3 is 2.83 bits per heavy atom. The third kappa shape index (κ3) is 2.77. The zero-order chi connectivity index (χ0) is 16.6. The SMILES string of the molecule is CCC(=O)N(Cc1cccs1)c1nc2nc(C)c(C)c(=O)n2[nH]1. The highest BCUT2D eigenvalue weighted by Crippen LogP contribution is 2.18. The fraction of sp³-hybridized carbons (Fsp3) is 0.333. The lowest BCUT2D eigenvalue weighted by Gasteiger charge is -2.17. The second-order valence-corrected chi connectivity index (χ2v) is 6.26. The highest BCUT2D eigenvalue weighted by Gasteiger charge is 2.20. The zero-order valence-corrected chi connectivity index (χ0v) is 14.0. The Morgan fingerprint density at radius 2 is 2.17 bits per heavy atom. The van der Waals surface area contributed by atoms with Crippen molar-refractivity contribution in [1.82, 2.24) is 19.6 Å². The van der Waals surface area contributed by atoms with Gasteiger partial charge in [-0.25, -0.2) is 4.98 Å². The molecular weight excluding hydrogens is 314 g/mol. The van der Waals surface area contributed by atoms with Crippen molar-refractivity contribution in [2.75, 3.05) is 4.90 Å². The van der Waals surface area contributed by atoms with Gasteiger partial charge in [0.2, 0.25) is 11.9 Å². The van der Waals surface area contributed by atoms with Crippen molar-refractivity contribution in [2.24, 2.45) is 0 Å². The van der Waals surface area contributed by atoms with Gasteiger partial charge in [0.1, 0.15) is 0 Å². The van der Waals surface area contributed by atoms with Gasteiger partial charge in [0, 0.05) is 22.6 Å². The van der Waals surface area contributed by atoms with E-state index in [0.29, 0.717) is 30.2 Å². The van der Waals surface area contributed by atoms with Crippen LogP contribution in [0, 0.1) is 13.8 Å². The van der Waals surface area contributed by atoms with E-state index in [-0.39, 0.29) is 17.2 Å². The van der Waals surface area contributed by atoms with Gasteiger partial charge in [0.25, 0.3) is 11.3 Å². The Kier molecular flexibility index (Phi) is 3.99. The summed E-state index contributed by atoms with van der Waals surface area (Å²) >= 11 is 1.57. The molecule has 23 heavy (non-hydrogen) atoms. The number of aryl methyl sites for hydroxylation is 1. The summed E-state index contributed by atoms with van der Waals surface area (Å²) in [4.78, 5) is 35.8. The van der Waals surface area contributed by atoms with Gasteiger partial charge in [-0.3, -0.25) is 19.6 Å². The largest absolute Gasteiger partial charge is 0.277 e. The van der Waals surface area contributed by atoms with Gasteiger partial charge in [-0.15, -0.1) is 11.3 Å². The number of amides is 1. The van der Waals surface area contributed by atoms with Gasteiger partial charge in [0.15, 0.2) is 0 Å². The van der Waals surface area contributed by atoms with Gasteiger partial charge >= 0.3 is 0 Å². The van der Waals surface area contributed by atoms with Crippen LogP contribution in [-0.2, 0) is 11.3 Å².